The Morgan fingerprint density at radius 2 is 2.11 bits per heavy atom. The number of hydrogen-bond donors (Lipinski definition) is 2. The number of H-pyrrole nitrogens is 1. The Morgan fingerprint density at radius 3 is 2.95 bits per heavy atom. The molecule has 0 radical (unpaired) electrons. The van der Waals surface area contributed by atoms with E-state index in [2.05, 4.69) is 15.5 Å². The van der Waals surface area contributed by atoms with Crippen molar-refractivity contribution in [2.45, 2.75) is 0 Å². The summed E-state index contributed by atoms with van der Waals surface area (Å²) in [4.78, 5) is 12.0. The highest BCUT2D eigenvalue weighted by atomic mass is 35.5. The van der Waals surface area contributed by atoms with E-state index in [-0.39, 0.29) is 5.91 Å². The molecule has 1 heterocycles. The third kappa shape index (κ3) is 2.44. The predicted molar refractivity (Wildman–Crippen MR) is 75.5 cm³/mol. The lowest BCUT2D eigenvalue weighted by molar-refractivity contribution is 0.102. The molecule has 4 nitrogen and oxygen atoms in total. The second kappa shape index (κ2) is 4.74. The zero-order valence-electron chi connectivity index (χ0n) is 9.85. The molecular weight excluding hydrogens is 262 g/mol. The first-order valence-electron chi connectivity index (χ1n) is 5.72. The normalized spacial score (nSPS) is 10.6. The van der Waals surface area contributed by atoms with E-state index in [0.29, 0.717) is 16.3 Å². The first-order chi connectivity index (χ1) is 9.22. The Kier molecular flexibility index (Phi) is 2.93. The van der Waals surface area contributed by atoms with Gasteiger partial charge in [0.2, 0.25) is 0 Å². The number of aromatic amines is 1. The number of fused-ring (bicyclic) bond motifs is 1. The molecule has 0 atom stereocenters. The summed E-state index contributed by atoms with van der Waals surface area (Å²) in [5, 5.41) is 11.2. The molecule has 0 saturated heterocycles. The van der Waals surface area contributed by atoms with Gasteiger partial charge in [-0.15, -0.1) is 0 Å². The van der Waals surface area contributed by atoms with Gasteiger partial charge in [0.25, 0.3) is 5.91 Å². The van der Waals surface area contributed by atoms with E-state index in [0.717, 1.165) is 10.9 Å². The van der Waals surface area contributed by atoms with Crippen LogP contribution in [0.2, 0.25) is 5.02 Å². The van der Waals surface area contributed by atoms with Crippen LogP contribution in [0.1, 0.15) is 10.4 Å². The topological polar surface area (TPSA) is 57.8 Å². The molecule has 3 aromatic rings. The van der Waals surface area contributed by atoms with Crippen molar-refractivity contribution in [2.75, 3.05) is 5.32 Å². The molecule has 2 N–H and O–H groups in total. The molecule has 0 unspecified atom stereocenters. The van der Waals surface area contributed by atoms with Gasteiger partial charge in [-0.3, -0.25) is 9.89 Å². The van der Waals surface area contributed by atoms with Crippen LogP contribution in [0.4, 0.5) is 5.69 Å². The number of carbonyl (C=O) groups is 1. The van der Waals surface area contributed by atoms with Crippen LogP contribution in [0.5, 0.6) is 0 Å². The highest BCUT2D eigenvalue weighted by molar-refractivity contribution is 6.31. The zero-order valence-corrected chi connectivity index (χ0v) is 10.6. The van der Waals surface area contributed by atoms with E-state index in [1.807, 2.05) is 18.2 Å². The maximum atomic E-state index is 12.0. The van der Waals surface area contributed by atoms with Crippen molar-refractivity contribution >= 4 is 34.1 Å². The van der Waals surface area contributed by atoms with Gasteiger partial charge in [-0.1, -0.05) is 17.7 Å². The average Bonchev–Trinajstić information content (AvgIpc) is 2.86. The SMILES string of the molecule is O=C(Nc1ccc2cn[nH]c2c1)c1cccc(Cl)c1. The minimum atomic E-state index is -0.193. The average molecular weight is 272 g/mol. The van der Waals surface area contributed by atoms with Crippen molar-refractivity contribution in [1.29, 1.82) is 0 Å². The summed E-state index contributed by atoms with van der Waals surface area (Å²) in [5.41, 5.74) is 2.11. The Hall–Kier alpha value is -2.33. The standard InChI is InChI=1S/C14H10ClN3O/c15-11-3-1-2-9(6-11)14(19)17-12-5-4-10-8-16-18-13(10)7-12/h1-8H,(H,16,18)(H,17,19). The lowest BCUT2D eigenvalue weighted by atomic mass is 10.2. The number of aromatic nitrogens is 2. The second-order valence-electron chi connectivity index (χ2n) is 4.14. The van der Waals surface area contributed by atoms with Gasteiger partial charge < -0.3 is 5.32 Å². The lowest BCUT2D eigenvalue weighted by Crippen LogP contribution is -2.11. The van der Waals surface area contributed by atoms with Gasteiger partial charge in [-0.25, -0.2) is 0 Å². The number of benzene rings is 2. The third-order valence-electron chi connectivity index (χ3n) is 2.79. The monoisotopic (exact) mass is 271 g/mol. The zero-order chi connectivity index (χ0) is 13.2. The van der Waals surface area contributed by atoms with Gasteiger partial charge in [0.1, 0.15) is 0 Å². The molecule has 5 heteroatoms. The maximum Gasteiger partial charge on any atom is 0.255 e. The van der Waals surface area contributed by atoms with Gasteiger partial charge in [-0.2, -0.15) is 5.10 Å². The minimum Gasteiger partial charge on any atom is -0.322 e. The molecule has 2 aromatic carbocycles. The van der Waals surface area contributed by atoms with Gasteiger partial charge in [0.05, 0.1) is 11.7 Å². The molecule has 0 bridgehead atoms. The largest absolute Gasteiger partial charge is 0.322 e. The molecule has 0 fully saturated rings. The van der Waals surface area contributed by atoms with Crippen molar-refractivity contribution in [1.82, 2.24) is 10.2 Å². The number of hydrogen-bond acceptors (Lipinski definition) is 2. The van der Waals surface area contributed by atoms with Crippen LogP contribution in [0.3, 0.4) is 0 Å². The number of carbonyl (C=O) groups excluding carboxylic acids is 1. The molecule has 0 spiro atoms. The van der Waals surface area contributed by atoms with Crippen LogP contribution in [-0.2, 0) is 0 Å². The summed E-state index contributed by atoms with van der Waals surface area (Å²) in [6.45, 7) is 0. The highest BCUT2D eigenvalue weighted by Crippen LogP contribution is 2.18. The number of nitrogens with zero attached hydrogens (tertiary/aromatic N) is 1. The molecule has 0 aliphatic carbocycles. The van der Waals surface area contributed by atoms with Crippen LogP contribution in [0, 0.1) is 0 Å². The van der Waals surface area contributed by atoms with Crippen LogP contribution >= 0.6 is 11.6 Å². The fraction of sp³-hybridized carbons (Fsp3) is 0. The Balaban J connectivity index is 1.86. The summed E-state index contributed by atoms with van der Waals surface area (Å²) in [5.74, 6) is -0.193. The number of rotatable bonds is 2. The molecule has 94 valence electrons. The van der Waals surface area contributed by atoms with Crippen molar-refractivity contribution in [3.05, 3.63) is 59.2 Å². The summed E-state index contributed by atoms with van der Waals surface area (Å²) in [6.07, 6.45) is 1.73. The fourth-order valence-electron chi connectivity index (χ4n) is 1.85. The Morgan fingerprint density at radius 1 is 1.21 bits per heavy atom. The van der Waals surface area contributed by atoms with Gasteiger partial charge in [0.15, 0.2) is 0 Å². The van der Waals surface area contributed by atoms with Crippen molar-refractivity contribution in [3.8, 4) is 0 Å². The molecule has 19 heavy (non-hydrogen) atoms. The van der Waals surface area contributed by atoms with E-state index in [1.165, 1.54) is 0 Å². The molecule has 1 aromatic heterocycles. The number of amides is 1. The summed E-state index contributed by atoms with van der Waals surface area (Å²) < 4.78 is 0. The molecule has 0 saturated carbocycles. The number of nitrogens with one attached hydrogen (secondary N) is 2. The van der Waals surface area contributed by atoms with Crippen molar-refractivity contribution in [3.63, 3.8) is 0 Å². The molecule has 0 aliphatic heterocycles. The maximum absolute atomic E-state index is 12.0. The van der Waals surface area contributed by atoms with Crippen LogP contribution < -0.4 is 5.32 Å². The van der Waals surface area contributed by atoms with Crippen molar-refractivity contribution in [2.24, 2.45) is 0 Å². The third-order valence-corrected chi connectivity index (χ3v) is 3.02. The van der Waals surface area contributed by atoms with Gasteiger partial charge in [-0.05, 0) is 36.4 Å². The van der Waals surface area contributed by atoms with Crippen LogP contribution in [0.25, 0.3) is 10.9 Å². The molecule has 3 rings (SSSR count). The quantitative estimate of drug-likeness (QED) is 0.750. The fourth-order valence-corrected chi connectivity index (χ4v) is 2.04. The summed E-state index contributed by atoms with van der Waals surface area (Å²) in [6, 6.07) is 12.4. The van der Waals surface area contributed by atoms with Crippen LogP contribution in [0.15, 0.2) is 48.7 Å². The Labute approximate surface area is 114 Å². The van der Waals surface area contributed by atoms with Crippen LogP contribution in [-0.4, -0.2) is 16.1 Å². The first kappa shape index (κ1) is 11.7. The molecular formula is C14H10ClN3O. The van der Waals surface area contributed by atoms with Crippen molar-refractivity contribution < 1.29 is 4.79 Å². The lowest BCUT2D eigenvalue weighted by Gasteiger charge is -2.05. The number of halogens is 1. The molecule has 1 amide bonds. The van der Waals surface area contributed by atoms with Gasteiger partial charge in [0, 0.05) is 21.7 Å². The van der Waals surface area contributed by atoms with E-state index in [1.54, 1.807) is 30.5 Å². The molecule has 0 aliphatic rings. The van der Waals surface area contributed by atoms with Gasteiger partial charge >= 0.3 is 0 Å². The predicted octanol–water partition coefficient (Wildman–Crippen LogP) is 3.47. The number of anilines is 1. The first-order valence-corrected chi connectivity index (χ1v) is 6.10. The Bertz CT molecular complexity index is 751. The smallest absolute Gasteiger partial charge is 0.255 e. The summed E-state index contributed by atoms with van der Waals surface area (Å²) in [7, 11) is 0. The van der Waals surface area contributed by atoms with E-state index in [4.69, 9.17) is 11.6 Å². The van der Waals surface area contributed by atoms with E-state index >= 15 is 0 Å². The van der Waals surface area contributed by atoms with E-state index < -0.39 is 0 Å². The second-order valence-corrected chi connectivity index (χ2v) is 4.57. The minimum absolute atomic E-state index is 0.193. The highest BCUT2D eigenvalue weighted by Gasteiger charge is 2.07. The summed E-state index contributed by atoms with van der Waals surface area (Å²) >= 11 is 5.86. The van der Waals surface area contributed by atoms with E-state index in [9.17, 15) is 4.79 Å².